The second kappa shape index (κ2) is 7.04. The number of hydrogen-bond acceptors (Lipinski definition) is 4. The number of carbonyl (C=O) groups is 2. The lowest BCUT2D eigenvalue weighted by molar-refractivity contribution is -0.120. The highest BCUT2D eigenvalue weighted by atomic mass is 16.7. The standard InChI is InChI=1S/C18H18N2O4/c1-12(14-7-8-15-16(9-14)24-11-23-15)20-17(21)10-19-18(22)13-5-3-2-4-6-13/h2-9,12H,10-11H2,1H3,(H,19,22)(H,20,21)/t12-/m1/s1. The van der Waals surface area contributed by atoms with Gasteiger partial charge in [-0.05, 0) is 36.8 Å². The van der Waals surface area contributed by atoms with Crippen LogP contribution in [0.5, 0.6) is 11.5 Å². The molecule has 2 aromatic rings. The molecule has 0 bridgehead atoms. The van der Waals surface area contributed by atoms with E-state index in [4.69, 9.17) is 9.47 Å². The van der Waals surface area contributed by atoms with Crippen LogP contribution in [0, 0.1) is 0 Å². The molecular weight excluding hydrogens is 308 g/mol. The van der Waals surface area contributed by atoms with E-state index in [-0.39, 0.29) is 31.2 Å². The quantitative estimate of drug-likeness (QED) is 0.881. The maximum atomic E-state index is 12.0. The number of ether oxygens (including phenoxy) is 2. The molecule has 6 nitrogen and oxygen atoms in total. The third kappa shape index (κ3) is 3.65. The minimum atomic E-state index is -0.276. The van der Waals surface area contributed by atoms with Crippen molar-refractivity contribution in [1.29, 1.82) is 0 Å². The normalized spacial score (nSPS) is 13.2. The molecule has 1 aliphatic rings. The zero-order valence-corrected chi connectivity index (χ0v) is 13.2. The van der Waals surface area contributed by atoms with Gasteiger partial charge in [0.2, 0.25) is 12.7 Å². The van der Waals surface area contributed by atoms with Crippen molar-refractivity contribution in [2.45, 2.75) is 13.0 Å². The lowest BCUT2D eigenvalue weighted by atomic mass is 10.1. The van der Waals surface area contributed by atoms with Crippen LogP contribution in [0.1, 0.15) is 28.9 Å². The van der Waals surface area contributed by atoms with Crippen molar-refractivity contribution in [1.82, 2.24) is 10.6 Å². The van der Waals surface area contributed by atoms with Gasteiger partial charge >= 0.3 is 0 Å². The largest absolute Gasteiger partial charge is 0.454 e. The molecule has 0 spiro atoms. The molecule has 24 heavy (non-hydrogen) atoms. The first-order valence-corrected chi connectivity index (χ1v) is 7.65. The number of fused-ring (bicyclic) bond motifs is 1. The Hall–Kier alpha value is -3.02. The van der Waals surface area contributed by atoms with Crippen molar-refractivity contribution in [2.75, 3.05) is 13.3 Å². The van der Waals surface area contributed by atoms with Crippen LogP contribution in [0.2, 0.25) is 0 Å². The fraction of sp³-hybridized carbons (Fsp3) is 0.222. The van der Waals surface area contributed by atoms with E-state index in [0.29, 0.717) is 17.1 Å². The predicted molar refractivity (Wildman–Crippen MR) is 87.9 cm³/mol. The molecule has 2 amide bonds. The molecule has 0 saturated carbocycles. The Bertz CT molecular complexity index is 746. The van der Waals surface area contributed by atoms with Crippen molar-refractivity contribution < 1.29 is 19.1 Å². The fourth-order valence-electron chi connectivity index (χ4n) is 2.41. The Morgan fingerprint density at radius 2 is 1.83 bits per heavy atom. The third-order valence-electron chi connectivity index (χ3n) is 3.72. The fourth-order valence-corrected chi connectivity index (χ4v) is 2.41. The molecule has 0 aliphatic carbocycles. The summed E-state index contributed by atoms with van der Waals surface area (Å²) in [5, 5.41) is 5.45. The summed E-state index contributed by atoms with van der Waals surface area (Å²) in [5.74, 6) is 0.837. The number of rotatable bonds is 5. The Morgan fingerprint density at radius 3 is 2.62 bits per heavy atom. The summed E-state index contributed by atoms with van der Waals surface area (Å²) in [5.41, 5.74) is 1.43. The monoisotopic (exact) mass is 326 g/mol. The van der Waals surface area contributed by atoms with Gasteiger partial charge in [-0.3, -0.25) is 9.59 Å². The summed E-state index contributed by atoms with van der Waals surface area (Å²) in [6, 6.07) is 14.1. The van der Waals surface area contributed by atoms with E-state index in [1.54, 1.807) is 24.3 Å². The zero-order chi connectivity index (χ0) is 16.9. The summed E-state index contributed by atoms with van der Waals surface area (Å²) in [6.07, 6.45) is 0. The van der Waals surface area contributed by atoms with Gasteiger partial charge in [0.05, 0.1) is 12.6 Å². The Morgan fingerprint density at radius 1 is 1.08 bits per heavy atom. The van der Waals surface area contributed by atoms with Gasteiger partial charge in [-0.15, -0.1) is 0 Å². The van der Waals surface area contributed by atoms with Crippen LogP contribution in [-0.4, -0.2) is 25.2 Å². The SMILES string of the molecule is C[C@@H](NC(=O)CNC(=O)c1ccccc1)c1ccc2c(c1)OCO2. The van der Waals surface area contributed by atoms with Gasteiger partial charge in [-0.1, -0.05) is 24.3 Å². The van der Waals surface area contributed by atoms with Crippen molar-refractivity contribution >= 4 is 11.8 Å². The molecular formula is C18H18N2O4. The van der Waals surface area contributed by atoms with Gasteiger partial charge in [0.25, 0.3) is 5.91 Å². The summed E-state index contributed by atoms with van der Waals surface area (Å²) in [6.45, 7) is 2.00. The summed E-state index contributed by atoms with van der Waals surface area (Å²) >= 11 is 0. The van der Waals surface area contributed by atoms with Crippen LogP contribution in [0.25, 0.3) is 0 Å². The second-order valence-electron chi connectivity index (χ2n) is 5.45. The van der Waals surface area contributed by atoms with Crippen molar-refractivity contribution in [2.24, 2.45) is 0 Å². The first kappa shape index (κ1) is 15.9. The van der Waals surface area contributed by atoms with E-state index in [2.05, 4.69) is 10.6 Å². The smallest absolute Gasteiger partial charge is 0.251 e. The van der Waals surface area contributed by atoms with Gasteiger partial charge in [0.1, 0.15) is 0 Å². The van der Waals surface area contributed by atoms with Crippen molar-refractivity contribution in [3.8, 4) is 11.5 Å². The van der Waals surface area contributed by atoms with Gasteiger partial charge in [-0.2, -0.15) is 0 Å². The van der Waals surface area contributed by atoms with E-state index in [0.717, 1.165) is 5.56 Å². The van der Waals surface area contributed by atoms with E-state index < -0.39 is 0 Å². The molecule has 2 N–H and O–H groups in total. The van der Waals surface area contributed by atoms with Crippen LogP contribution < -0.4 is 20.1 Å². The molecule has 0 aromatic heterocycles. The van der Waals surface area contributed by atoms with E-state index >= 15 is 0 Å². The molecule has 2 aromatic carbocycles. The number of carbonyl (C=O) groups excluding carboxylic acids is 2. The predicted octanol–water partition coefficient (Wildman–Crippen LogP) is 2.02. The van der Waals surface area contributed by atoms with Crippen molar-refractivity contribution in [3.05, 3.63) is 59.7 Å². The Kier molecular flexibility index (Phi) is 4.65. The van der Waals surface area contributed by atoms with Gasteiger partial charge in [0.15, 0.2) is 11.5 Å². The molecule has 0 unspecified atom stereocenters. The lowest BCUT2D eigenvalue weighted by Gasteiger charge is -2.15. The Labute approximate surface area is 139 Å². The van der Waals surface area contributed by atoms with Gasteiger partial charge < -0.3 is 20.1 Å². The average Bonchev–Trinajstić information content (AvgIpc) is 3.08. The van der Waals surface area contributed by atoms with E-state index in [1.807, 2.05) is 31.2 Å². The Balaban J connectivity index is 1.52. The van der Waals surface area contributed by atoms with Crippen molar-refractivity contribution in [3.63, 3.8) is 0 Å². The second-order valence-corrected chi connectivity index (χ2v) is 5.45. The maximum Gasteiger partial charge on any atom is 0.251 e. The zero-order valence-electron chi connectivity index (χ0n) is 13.2. The molecule has 1 heterocycles. The van der Waals surface area contributed by atoms with Crippen LogP contribution in [-0.2, 0) is 4.79 Å². The summed E-state index contributed by atoms with van der Waals surface area (Å²) < 4.78 is 10.6. The van der Waals surface area contributed by atoms with E-state index in [1.165, 1.54) is 0 Å². The number of benzene rings is 2. The van der Waals surface area contributed by atoms with Crippen LogP contribution in [0.15, 0.2) is 48.5 Å². The first-order valence-electron chi connectivity index (χ1n) is 7.65. The van der Waals surface area contributed by atoms with Crippen LogP contribution >= 0.6 is 0 Å². The minimum absolute atomic E-state index is 0.0807. The van der Waals surface area contributed by atoms with Crippen LogP contribution in [0.3, 0.4) is 0 Å². The molecule has 6 heteroatoms. The number of amides is 2. The highest BCUT2D eigenvalue weighted by molar-refractivity contribution is 5.96. The lowest BCUT2D eigenvalue weighted by Crippen LogP contribution is -2.38. The summed E-state index contributed by atoms with van der Waals surface area (Å²) in [4.78, 5) is 23.9. The molecule has 124 valence electrons. The topological polar surface area (TPSA) is 76.7 Å². The molecule has 1 atom stereocenters. The first-order chi connectivity index (χ1) is 11.6. The number of hydrogen-bond donors (Lipinski definition) is 2. The van der Waals surface area contributed by atoms with Crippen LogP contribution in [0.4, 0.5) is 0 Å². The number of nitrogens with one attached hydrogen (secondary N) is 2. The third-order valence-corrected chi connectivity index (χ3v) is 3.72. The molecule has 1 aliphatic heterocycles. The molecule has 0 fully saturated rings. The van der Waals surface area contributed by atoms with Gasteiger partial charge in [0, 0.05) is 5.56 Å². The molecule has 3 rings (SSSR count). The van der Waals surface area contributed by atoms with Gasteiger partial charge in [-0.25, -0.2) is 0 Å². The minimum Gasteiger partial charge on any atom is -0.454 e. The highest BCUT2D eigenvalue weighted by Crippen LogP contribution is 2.34. The highest BCUT2D eigenvalue weighted by Gasteiger charge is 2.17. The summed E-state index contributed by atoms with van der Waals surface area (Å²) in [7, 11) is 0. The average molecular weight is 326 g/mol. The maximum absolute atomic E-state index is 12.0. The molecule has 0 radical (unpaired) electrons. The van der Waals surface area contributed by atoms with E-state index in [9.17, 15) is 9.59 Å². The molecule has 0 saturated heterocycles.